The number of nitrogens with one attached hydrogen (secondary N) is 1. The van der Waals surface area contributed by atoms with E-state index in [2.05, 4.69) is 10.2 Å². The van der Waals surface area contributed by atoms with Crippen molar-refractivity contribution in [2.75, 3.05) is 26.7 Å². The van der Waals surface area contributed by atoms with E-state index in [0.717, 1.165) is 53.9 Å². The maximum absolute atomic E-state index is 15.8. The number of carboxylic acids is 1. The Balaban J connectivity index is 1.74. The van der Waals surface area contributed by atoms with Gasteiger partial charge < -0.3 is 24.6 Å². The van der Waals surface area contributed by atoms with Crippen LogP contribution in [0.4, 0.5) is 4.39 Å². The van der Waals surface area contributed by atoms with E-state index in [1.165, 1.54) is 11.0 Å². The summed E-state index contributed by atoms with van der Waals surface area (Å²) in [7, 11) is 1.59. The van der Waals surface area contributed by atoms with Crippen LogP contribution in [-0.4, -0.2) is 53.2 Å². The van der Waals surface area contributed by atoms with E-state index >= 15 is 4.39 Å². The molecule has 2 N–H and O–H groups in total. The van der Waals surface area contributed by atoms with Gasteiger partial charge in [0.25, 0.3) is 5.56 Å². The molecule has 1 aliphatic rings. The topological polar surface area (TPSA) is 101 Å². The predicted octanol–water partition coefficient (Wildman–Crippen LogP) is 6.06. The molecule has 1 aliphatic heterocycles. The molecule has 4 rings (SSSR count). The Bertz CT molecular complexity index is 1630. The Kier molecular flexibility index (Phi) is 10.9. The summed E-state index contributed by atoms with van der Waals surface area (Å²) in [6.07, 6.45) is 3.54. The van der Waals surface area contributed by atoms with Gasteiger partial charge in [0, 0.05) is 24.4 Å². The van der Waals surface area contributed by atoms with Gasteiger partial charge in [-0.2, -0.15) is 0 Å². The minimum atomic E-state index is -1.18. The van der Waals surface area contributed by atoms with Gasteiger partial charge in [0.05, 0.1) is 19.6 Å². The third-order valence-corrected chi connectivity index (χ3v) is 8.86. The molecular formula is C36H46FN3O5. The highest BCUT2D eigenvalue weighted by molar-refractivity contribution is 5.82. The van der Waals surface area contributed by atoms with Gasteiger partial charge in [-0.15, -0.1) is 0 Å². The molecule has 0 radical (unpaired) electrons. The van der Waals surface area contributed by atoms with Gasteiger partial charge in [-0.05, 0) is 123 Å². The molecule has 1 amide bonds. The van der Waals surface area contributed by atoms with Crippen LogP contribution in [0.1, 0.15) is 78.6 Å². The van der Waals surface area contributed by atoms with E-state index in [-0.39, 0.29) is 17.0 Å². The lowest BCUT2D eigenvalue weighted by atomic mass is 9.90. The van der Waals surface area contributed by atoms with Crippen LogP contribution in [0.2, 0.25) is 0 Å². The van der Waals surface area contributed by atoms with Gasteiger partial charge in [-0.3, -0.25) is 14.4 Å². The Morgan fingerprint density at radius 3 is 2.36 bits per heavy atom. The normalized spacial score (nSPS) is 14.6. The van der Waals surface area contributed by atoms with Crippen LogP contribution < -0.4 is 15.6 Å². The van der Waals surface area contributed by atoms with Crippen molar-refractivity contribution in [2.24, 2.45) is 5.92 Å². The number of aromatic nitrogens is 1. The number of carbonyl (C=O) groups excluding carboxylic acids is 1. The van der Waals surface area contributed by atoms with Crippen LogP contribution in [0.25, 0.3) is 11.1 Å². The molecule has 2 heterocycles. The molecule has 1 fully saturated rings. The fourth-order valence-corrected chi connectivity index (χ4v) is 6.24. The molecule has 1 aromatic heterocycles. The molecule has 242 valence electrons. The number of halogens is 1. The summed E-state index contributed by atoms with van der Waals surface area (Å²) >= 11 is 0. The average molecular weight is 620 g/mol. The number of benzene rings is 2. The number of carboxylic acid groups (broad SMARTS) is 1. The number of hydrogen-bond acceptors (Lipinski definition) is 5. The summed E-state index contributed by atoms with van der Waals surface area (Å²) in [4.78, 5) is 41.7. The molecule has 9 heteroatoms. The highest BCUT2D eigenvalue weighted by Crippen LogP contribution is 2.36. The van der Waals surface area contributed by atoms with E-state index in [1.54, 1.807) is 38.4 Å². The second-order valence-electron chi connectivity index (χ2n) is 12.8. The molecule has 2 aromatic carbocycles. The summed E-state index contributed by atoms with van der Waals surface area (Å²) in [5.74, 6) is -1.55. The van der Waals surface area contributed by atoms with Crippen molar-refractivity contribution >= 4 is 11.9 Å². The van der Waals surface area contributed by atoms with Crippen molar-refractivity contribution in [1.82, 2.24) is 14.8 Å². The van der Waals surface area contributed by atoms with Crippen molar-refractivity contribution in [2.45, 2.75) is 79.3 Å². The van der Waals surface area contributed by atoms with E-state index in [4.69, 9.17) is 4.74 Å². The zero-order valence-corrected chi connectivity index (χ0v) is 27.5. The van der Waals surface area contributed by atoms with E-state index in [1.807, 2.05) is 46.8 Å². The number of ether oxygens (including phenoxy) is 1. The van der Waals surface area contributed by atoms with Crippen molar-refractivity contribution in [3.63, 3.8) is 0 Å². The third kappa shape index (κ3) is 7.82. The molecule has 1 saturated heterocycles. The SMILES string of the molecule is COc1ccc(C)c(-c2cc(C)c(F)c([C@H](CC(=O)O)NC(=O)C(CC(C)C)n3cc(CCN4CCC4)c(C)cc3=O)c2)c1C. The number of carbonyl (C=O) groups is 2. The van der Waals surface area contributed by atoms with E-state index < -0.39 is 36.2 Å². The molecule has 3 aromatic rings. The number of pyridine rings is 1. The number of aliphatic carboxylic acids is 1. The Morgan fingerprint density at radius 1 is 1.04 bits per heavy atom. The molecule has 8 nitrogen and oxygen atoms in total. The fourth-order valence-electron chi connectivity index (χ4n) is 6.24. The van der Waals surface area contributed by atoms with Gasteiger partial charge in [0.15, 0.2) is 0 Å². The molecule has 0 aliphatic carbocycles. The maximum Gasteiger partial charge on any atom is 0.305 e. The minimum absolute atomic E-state index is 0.0535. The second-order valence-corrected chi connectivity index (χ2v) is 12.8. The molecule has 0 spiro atoms. The Labute approximate surface area is 265 Å². The first-order valence-electron chi connectivity index (χ1n) is 15.7. The van der Waals surface area contributed by atoms with Gasteiger partial charge >= 0.3 is 5.97 Å². The standard InChI is InChI=1S/C36H46FN3O5/c1-21(2)15-30(40-20-26(23(4)17-32(40)41)11-14-39-12-8-13-39)36(44)38-29(19-33(42)43)28-18-27(16-24(5)35(28)37)34-22(3)9-10-31(45-7)25(34)6/h9-10,16-18,20-21,29-30H,8,11-15,19H2,1-7H3,(H,38,44)(H,42,43)/t29-,30?/m0/s1. The van der Waals surface area contributed by atoms with Crippen molar-refractivity contribution in [3.05, 3.63) is 86.1 Å². The molecule has 2 atom stereocenters. The van der Waals surface area contributed by atoms with Crippen LogP contribution in [0, 0.1) is 39.4 Å². The number of amides is 1. The fraction of sp³-hybridized carbons (Fsp3) is 0.472. The zero-order valence-electron chi connectivity index (χ0n) is 27.5. The number of methoxy groups -OCH3 is 1. The zero-order chi connectivity index (χ0) is 33.0. The summed E-state index contributed by atoms with van der Waals surface area (Å²) < 4.78 is 22.8. The van der Waals surface area contributed by atoms with Crippen molar-refractivity contribution in [3.8, 4) is 16.9 Å². The van der Waals surface area contributed by atoms with E-state index in [0.29, 0.717) is 23.3 Å². The lowest BCUT2D eigenvalue weighted by molar-refractivity contribution is -0.138. The summed E-state index contributed by atoms with van der Waals surface area (Å²) in [6, 6.07) is 6.64. The quantitative estimate of drug-likeness (QED) is 0.241. The first-order chi connectivity index (χ1) is 21.3. The summed E-state index contributed by atoms with van der Waals surface area (Å²) in [6.45, 7) is 14.3. The van der Waals surface area contributed by atoms with Crippen LogP contribution in [-0.2, 0) is 16.0 Å². The Hall–Kier alpha value is -3.98. The first kappa shape index (κ1) is 33.9. The maximum atomic E-state index is 15.8. The highest BCUT2D eigenvalue weighted by atomic mass is 19.1. The minimum Gasteiger partial charge on any atom is -0.496 e. The van der Waals surface area contributed by atoms with Gasteiger partial charge in [0.2, 0.25) is 5.91 Å². The largest absolute Gasteiger partial charge is 0.496 e. The first-order valence-corrected chi connectivity index (χ1v) is 15.7. The lowest BCUT2D eigenvalue weighted by Gasteiger charge is -2.31. The number of rotatable bonds is 13. The number of likely N-dealkylation sites (tertiary alicyclic amines) is 1. The van der Waals surface area contributed by atoms with Gasteiger partial charge in [-0.25, -0.2) is 4.39 Å². The highest BCUT2D eigenvalue weighted by Gasteiger charge is 2.29. The molecule has 1 unspecified atom stereocenters. The second kappa shape index (κ2) is 14.4. The summed E-state index contributed by atoms with van der Waals surface area (Å²) in [5.41, 5.74) is 5.34. The van der Waals surface area contributed by atoms with Crippen LogP contribution in [0.3, 0.4) is 0 Å². The van der Waals surface area contributed by atoms with Crippen molar-refractivity contribution < 1.29 is 23.8 Å². The third-order valence-electron chi connectivity index (χ3n) is 8.86. The number of aryl methyl sites for hydroxylation is 3. The van der Waals surface area contributed by atoms with E-state index in [9.17, 15) is 19.5 Å². The van der Waals surface area contributed by atoms with Crippen molar-refractivity contribution in [1.29, 1.82) is 0 Å². The average Bonchev–Trinajstić information content (AvgIpc) is 2.93. The molecular weight excluding hydrogens is 573 g/mol. The Morgan fingerprint density at radius 2 is 1.76 bits per heavy atom. The van der Waals surface area contributed by atoms with Crippen LogP contribution in [0.15, 0.2) is 41.3 Å². The van der Waals surface area contributed by atoms with Crippen LogP contribution >= 0.6 is 0 Å². The van der Waals surface area contributed by atoms with Crippen LogP contribution in [0.5, 0.6) is 5.75 Å². The lowest BCUT2D eigenvalue weighted by Crippen LogP contribution is -2.41. The monoisotopic (exact) mass is 619 g/mol. The van der Waals surface area contributed by atoms with Gasteiger partial charge in [-0.1, -0.05) is 19.9 Å². The molecule has 0 saturated carbocycles. The number of nitrogens with zero attached hydrogens (tertiary/aromatic N) is 2. The van der Waals surface area contributed by atoms with Gasteiger partial charge in [0.1, 0.15) is 17.6 Å². The predicted molar refractivity (Wildman–Crippen MR) is 174 cm³/mol. The summed E-state index contributed by atoms with van der Waals surface area (Å²) in [5, 5.41) is 12.7. The number of hydrogen-bond donors (Lipinski definition) is 2. The smallest absolute Gasteiger partial charge is 0.305 e. The molecule has 0 bridgehead atoms. The molecule has 45 heavy (non-hydrogen) atoms.